The number of piperazine rings is 1. The number of aromatic amines is 1. The Morgan fingerprint density at radius 3 is 2.77 bits per heavy atom. The second kappa shape index (κ2) is 8.12. The highest BCUT2D eigenvalue weighted by Gasteiger charge is 2.24. The van der Waals surface area contributed by atoms with Crippen LogP contribution in [0.5, 0.6) is 0 Å². The number of fused-ring (bicyclic) bond motifs is 1. The number of aromatic nitrogens is 4. The fourth-order valence-electron chi connectivity index (χ4n) is 3.95. The van der Waals surface area contributed by atoms with Crippen molar-refractivity contribution >= 4 is 28.5 Å². The predicted molar refractivity (Wildman–Crippen MR) is 121 cm³/mol. The molecular formula is C23H25N7. The Morgan fingerprint density at radius 1 is 1.07 bits per heavy atom. The minimum atomic E-state index is 0.392. The van der Waals surface area contributed by atoms with Crippen LogP contribution in [0.25, 0.3) is 22.2 Å². The smallest absolute Gasteiger partial charge is 0.228 e. The molecule has 1 saturated heterocycles. The Hall–Kier alpha value is -3.45. The first kappa shape index (κ1) is 18.6. The van der Waals surface area contributed by atoms with Gasteiger partial charge >= 0.3 is 0 Å². The van der Waals surface area contributed by atoms with Crippen LogP contribution in [0.15, 0.2) is 60.7 Å². The highest BCUT2D eigenvalue weighted by Crippen LogP contribution is 2.28. The molecule has 7 heteroatoms. The van der Waals surface area contributed by atoms with Crippen molar-refractivity contribution < 1.29 is 0 Å². The lowest BCUT2D eigenvalue weighted by atomic mass is 10.1. The molecule has 0 saturated carbocycles. The number of nitrogens with zero attached hydrogens (tertiary/aromatic N) is 4. The van der Waals surface area contributed by atoms with Crippen LogP contribution in [-0.2, 0) is 0 Å². The number of hydrogen-bond acceptors (Lipinski definition) is 6. The molecule has 152 valence electrons. The number of nitrogens with one attached hydrogen (secondary N) is 3. The van der Waals surface area contributed by atoms with E-state index in [-0.39, 0.29) is 0 Å². The minimum Gasteiger partial charge on any atom is -0.335 e. The molecule has 0 radical (unpaired) electrons. The van der Waals surface area contributed by atoms with Crippen LogP contribution in [0.2, 0.25) is 0 Å². The summed E-state index contributed by atoms with van der Waals surface area (Å²) >= 11 is 0. The van der Waals surface area contributed by atoms with Gasteiger partial charge in [-0.3, -0.25) is 5.10 Å². The van der Waals surface area contributed by atoms with E-state index in [1.54, 1.807) is 0 Å². The van der Waals surface area contributed by atoms with E-state index in [0.29, 0.717) is 6.04 Å². The number of benzene rings is 2. The molecule has 5 rings (SSSR count). The molecule has 1 aliphatic rings. The predicted octanol–water partition coefficient (Wildman–Crippen LogP) is 3.95. The molecule has 1 atom stereocenters. The summed E-state index contributed by atoms with van der Waals surface area (Å²) in [5.74, 6) is 2.27. The lowest BCUT2D eigenvalue weighted by Gasteiger charge is -2.36. The first-order chi connectivity index (χ1) is 14.8. The second-order valence-corrected chi connectivity index (χ2v) is 7.51. The molecular weight excluding hydrogens is 374 g/mol. The maximum Gasteiger partial charge on any atom is 0.228 e. The van der Waals surface area contributed by atoms with Gasteiger partial charge in [-0.25, -0.2) is 4.98 Å². The molecule has 1 aliphatic heterocycles. The average molecular weight is 400 g/mol. The highest BCUT2D eigenvalue weighted by atomic mass is 15.3. The van der Waals surface area contributed by atoms with Gasteiger partial charge in [0.2, 0.25) is 5.95 Å². The summed E-state index contributed by atoms with van der Waals surface area (Å²) < 4.78 is 0. The number of H-pyrrole nitrogens is 1. The van der Waals surface area contributed by atoms with Crippen LogP contribution >= 0.6 is 0 Å². The largest absolute Gasteiger partial charge is 0.335 e. The van der Waals surface area contributed by atoms with Crippen molar-refractivity contribution in [2.24, 2.45) is 0 Å². The Bertz CT molecular complexity index is 1140. The summed E-state index contributed by atoms with van der Waals surface area (Å²) in [5.41, 5.74) is 2.99. The van der Waals surface area contributed by atoms with E-state index in [9.17, 15) is 0 Å². The van der Waals surface area contributed by atoms with Crippen LogP contribution in [-0.4, -0.2) is 45.8 Å². The van der Waals surface area contributed by atoms with Crippen molar-refractivity contribution in [1.82, 2.24) is 25.5 Å². The van der Waals surface area contributed by atoms with E-state index in [4.69, 9.17) is 9.97 Å². The number of para-hydroxylation sites is 1. The summed E-state index contributed by atoms with van der Waals surface area (Å²) in [4.78, 5) is 12.1. The first-order valence-electron chi connectivity index (χ1n) is 10.4. The van der Waals surface area contributed by atoms with E-state index >= 15 is 0 Å². The molecule has 0 spiro atoms. The quantitative estimate of drug-likeness (QED) is 0.471. The fourth-order valence-corrected chi connectivity index (χ4v) is 3.95. The zero-order valence-corrected chi connectivity index (χ0v) is 17.0. The van der Waals surface area contributed by atoms with Gasteiger partial charge in [0.05, 0.1) is 11.2 Å². The summed E-state index contributed by atoms with van der Waals surface area (Å²) in [6.07, 6.45) is 1.05. The maximum atomic E-state index is 4.92. The van der Waals surface area contributed by atoms with Crippen LogP contribution in [0.4, 0.5) is 17.6 Å². The molecule has 4 aromatic rings. The van der Waals surface area contributed by atoms with Gasteiger partial charge in [-0.15, -0.1) is 0 Å². The van der Waals surface area contributed by atoms with Crippen LogP contribution in [0, 0.1) is 0 Å². The monoisotopic (exact) mass is 399 g/mol. The zero-order chi connectivity index (χ0) is 20.3. The van der Waals surface area contributed by atoms with Gasteiger partial charge in [0, 0.05) is 37.1 Å². The van der Waals surface area contributed by atoms with E-state index < -0.39 is 0 Å². The Kier molecular flexibility index (Phi) is 5.03. The van der Waals surface area contributed by atoms with Crippen LogP contribution < -0.4 is 15.5 Å². The average Bonchev–Trinajstić information content (AvgIpc) is 3.28. The molecule has 7 nitrogen and oxygen atoms in total. The van der Waals surface area contributed by atoms with Crippen molar-refractivity contribution in [3.8, 4) is 11.3 Å². The topological polar surface area (TPSA) is 81.8 Å². The standard InChI is InChI=1S/C23H25N7/c1-2-17-15-24-12-13-30(17)23-25-19-11-7-6-10-18(19)22(27-23)26-21-14-20(28-29-21)16-8-4-3-5-9-16/h3-11,14,17,24H,2,12-13,15H2,1H3,(H2,25,26,27,28,29)/t17-/m1/s1. The summed E-state index contributed by atoms with van der Waals surface area (Å²) in [5, 5.41) is 15.4. The maximum absolute atomic E-state index is 4.92. The first-order valence-corrected chi connectivity index (χ1v) is 10.4. The molecule has 0 unspecified atom stereocenters. The second-order valence-electron chi connectivity index (χ2n) is 7.51. The third-order valence-electron chi connectivity index (χ3n) is 5.58. The van der Waals surface area contributed by atoms with Gasteiger partial charge < -0.3 is 15.5 Å². The molecule has 0 bridgehead atoms. The summed E-state index contributed by atoms with van der Waals surface area (Å²) in [7, 11) is 0. The van der Waals surface area contributed by atoms with Crippen molar-refractivity contribution in [3.63, 3.8) is 0 Å². The van der Waals surface area contributed by atoms with E-state index in [2.05, 4.69) is 44.8 Å². The third kappa shape index (κ3) is 3.59. The normalized spacial score (nSPS) is 16.7. The van der Waals surface area contributed by atoms with Crippen molar-refractivity contribution in [2.45, 2.75) is 19.4 Å². The number of hydrogen-bond donors (Lipinski definition) is 3. The van der Waals surface area contributed by atoms with E-state index in [0.717, 1.165) is 65.8 Å². The zero-order valence-electron chi connectivity index (χ0n) is 17.0. The molecule has 2 aromatic carbocycles. The fraction of sp³-hybridized carbons (Fsp3) is 0.261. The Labute approximate surface area is 175 Å². The van der Waals surface area contributed by atoms with Gasteiger partial charge in [-0.1, -0.05) is 49.4 Å². The van der Waals surface area contributed by atoms with Gasteiger partial charge in [-0.05, 0) is 24.1 Å². The molecule has 30 heavy (non-hydrogen) atoms. The van der Waals surface area contributed by atoms with Crippen LogP contribution in [0.3, 0.4) is 0 Å². The minimum absolute atomic E-state index is 0.392. The van der Waals surface area contributed by atoms with Gasteiger partial charge in [-0.2, -0.15) is 10.1 Å². The van der Waals surface area contributed by atoms with Crippen LogP contribution in [0.1, 0.15) is 13.3 Å². The summed E-state index contributed by atoms with van der Waals surface area (Å²) in [6.45, 7) is 5.00. The Balaban J connectivity index is 1.51. The van der Waals surface area contributed by atoms with Gasteiger partial charge in [0.15, 0.2) is 5.82 Å². The molecule has 2 aromatic heterocycles. The molecule has 1 fully saturated rings. The van der Waals surface area contributed by atoms with Gasteiger partial charge in [0.25, 0.3) is 0 Å². The molecule has 0 amide bonds. The van der Waals surface area contributed by atoms with E-state index in [1.165, 1.54) is 0 Å². The SMILES string of the molecule is CC[C@@H]1CNCCN1c1nc(Nc2cc(-c3ccccc3)[nH]n2)c2ccccc2n1. The molecule has 3 N–H and O–H groups in total. The Morgan fingerprint density at radius 2 is 1.90 bits per heavy atom. The lowest BCUT2D eigenvalue weighted by Crippen LogP contribution is -2.51. The number of anilines is 3. The molecule has 0 aliphatic carbocycles. The van der Waals surface area contributed by atoms with Gasteiger partial charge in [0.1, 0.15) is 5.82 Å². The van der Waals surface area contributed by atoms with E-state index in [1.807, 2.05) is 48.5 Å². The molecule has 3 heterocycles. The highest BCUT2D eigenvalue weighted by molar-refractivity contribution is 5.91. The number of rotatable bonds is 5. The lowest BCUT2D eigenvalue weighted by molar-refractivity contribution is 0.460. The third-order valence-corrected chi connectivity index (χ3v) is 5.58. The summed E-state index contributed by atoms with van der Waals surface area (Å²) in [6, 6.07) is 20.7. The van der Waals surface area contributed by atoms with Crippen molar-refractivity contribution in [3.05, 3.63) is 60.7 Å². The van der Waals surface area contributed by atoms with Crippen molar-refractivity contribution in [2.75, 3.05) is 29.9 Å². The van der Waals surface area contributed by atoms with Crippen molar-refractivity contribution in [1.29, 1.82) is 0 Å².